The number of para-hydroxylation sites is 5. The predicted molar refractivity (Wildman–Crippen MR) is 294 cm³/mol. The number of benzene rings is 10. The molecule has 3 heteroatoms. The summed E-state index contributed by atoms with van der Waals surface area (Å²) < 4.78 is 9.05. The van der Waals surface area contributed by atoms with E-state index in [1.165, 1.54) is 54.9 Å². The zero-order chi connectivity index (χ0) is 47.0. The molecule has 12 rings (SSSR count). The fourth-order valence-corrected chi connectivity index (χ4v) is 10.5. The Morgan fingerprint density at radius 1 is 0.391 bits per heavy atom. The number of furan rings is 1. The highest BCUT2D eigenvalue weighted by Crippen LogP contribution is 2.48. The highest BCUT2D eigenvalue weighted by Gasteiger charge is 2.25. The Morgan fingerprint density at radius 2 is 0.986 bits per heavy atom. The molecular formula is C66H54N2O. The Morgan fingerprint density at radius 3 is 1.77 bits per heavy atom. The second-order valence-corrected chi connectivity index (χ2v) is 20.6. The van der Waals surface area contributed by atoms with Crippen LogP contribution < -0.4 is 4.90 Å². The van der Waals surface area contributed by atoms with Crippen LogP contribution in [-0.2, 0) is 10.8 Å². The summed E-state index contributed by atoms with van der Waals surface area (Å²) in [6, 6.07) is 80.1. The lowest BCUT2D eigenvalue weighted by atomic mass is 9.78. The van der Waals surface area contributed by atoms with Gasteiger partial charge in [0.15, 0.2) is 0 Å². The van der Waals surface area contributed by atoms with Gasteiger partial charge in [0, 0.05) is 49.7 Å². The second kappa shape index (κ2) is 16.3. The molecule has 334 valence electrons. The van der Waals surface area contributed by atoms with E-state index in [4.69, 9.17) is 4.42 Å². The summed E-state index contributed by atoms with van der Waals surface area (Å²) in [6.45, 7) is 13.9. The number of anilines is 3. The van der Waals surface area contributed by atoms with Crippen LogP contribution in [0.3, 0.4) is 0 Å². The molecule has 2 heterocycles. The number of hydrogen-bond acceptors (Lipinski definition) is 2. The average Bonchev–Trinajstić information content (AvgIpc) is 3.92. The van der Waals surface area contributed by atoms with E-state index in [0.29, 0.717) is 0 Å². The molecule has 0 atom stereocenters. The third-order valence-electron chi connectivity index (χ3n) is 14.1. The van der Waals surface area contributed by atoms with E-state index in [0.717, 1.165) is 66.9 Å². The highest BCUT2D eigenvalue weighted by atomic mass is 16.3. The summed E-state index contributed by atoms with van der Waals surface area (Å²) in [5.74, 6) is 0. The fourth-order valence-electron chi connectivity index (χ4n) is 10.5. The minimum atomic E-state index is -0.0195. The van der Waals surface area contributed by atoms with Gasteiger partial charge in [-0.15, -0.1) is 0 Å². The van der Waals surface area contributed by atoms with Gasteiger partial charge in [-0.25, -0.2) is 0 Å². The molecule has 0 aliphatic heterocycles. The van der Waals surface area contributed by atoms with Crippen LogP contribution in [0.2, 0.25) is 0 Å². The molecule has 3 nitrogen and oxygen atoms in total. The van der Waals surface area contributed by atoms with Crippen molar-refractivity contribution in [2.45, 2.75) is 52.4 Å². The SMILES string of the molecule is CC(C)(C)c1cc(-c2cccc3cccc(-c4ccccc4N(c4cccc(-c5cccc6c5oc5ccccc56)c4)c4ccc5c6ccccc6n(-c6ccccc6)c5c4)c23)cc(C(C)(C)C)c1. The van der Waals surface area contributed by atoms with Crippen LogP contribution in [0.15, 0.2) is 223 Å². The normalized spacial score (nSPS) is 12.2. The van der Waals surface area contributed by atoms with Gasteiger partial charge in [-0.1, -0.05) is 205 Å². The van der Waals surface area contributed by atoms with Crippen molar-refractivity contribution in [1.82, 2.24) is 4.57 Å². The molecule has 0 unspecified atom stereocenters. The molecule has 69 heavy (non-hydrogen) atoms. The first-order valence-corrected chi connectivity index (χ1v) is 24.2. The van der Waals surface area contributed by atoms with Crippen molar-refractivity contribution in [1.29, 1.82) is 0 Å². The van der Waals surface area contributed by atoms with E-state index in [1.807, 2.05) is 6.07 Å². The molecule has 0 spiro atoms. The van der Waals surface area contributed by atoms with Crippen molar-refractivity contribution >= 4 is 71.6 Å². The Labute approximate surface area is 404 Å². The van der Waals surface area contributed by atoms with Gasteiger partial charge in [0.2, 0.25) is 0 Å². The van der Waals surface area contributed by atoms with Gasteiger partial charge in [0.25, 0.3) is 0 Å². The molecule has 0 aliphatic rings. The Balaban J connectivity index is 1.12. The van der Waals surface area contributed by atoms with Crippen molar-refractivity contribution in [3.05, 3.63) is 230 Å². The number of fused-ring (bicyclic) bond motifs is 7. The monoisotopic (exact) mass is 890 g/mol. The smallest absolute Gasteiger partial charge is 0.143 e. The van der Waals surface area contributed by atoms with Gasteiger partial charge in [-0.2, -0.15) is 0 Å². The molecule has 0 saturated carbocycles. The third-order valence-corrected chi connectivity index (χ3v) is 14.1. The number of hydrogen-bond donors (Lipinski definition) is 0. The van der Waals surface area contributed by atoms with Crippen LogP contribution >= 0.6 is 0 Å². The maximum absolute atomic E-state index is 6.64. The molecule has 12 aromatic rings. The summed E-state index contributed by atoms with van der Waals surface area (Å²) in [4.78, 5) is 2.46. The summed E-state index contributed by atoms with van der Waals surface area (Å²) >= 11 is 0. The minimum Gasteiger partial charge on any atom is -0.455 e. The molecule has 0 fully saturated rings. The van der Waals surface area contributed by atoms with Crippen molar-refractivity contribution in [3.8, 4) is 39.1 Å². The van der Waals surface area contributed by atoms with Crippen molar-refractivity contribution < 1.29 is 4.42 Å². The molecule has 0 bridgehead atoms. The van der Waals surface area contributed by atoms with Crippen molar-refractivity contribution in [3.63, 3.8) is 0 Å². The van der Waals surface area contributed by atoms with Crippen molar-refractivity contribution in [2.24, 2.45) is 0 Å². The number of aromatic nitrogens is 1. The third kappa shape index (κ3) is 7.28. The molecule has 10 aromatic carbocycles. The van der Waals surface area contributed by atoms with Crippen LogP contribution in [0.25, 0.3) is 93.6 Å². The highest BCUT2D eigenvalue weighted by molar-refractivity contribution is 6.13. The summed E-state index contributed by atoms with van der Waals surface area (Å²) in [7, 11) is 0. The molecule has 0 saturated heterocycles. The van der Waals surface area contributed by atoms with Crippen LogP contribution in [0, 0.1) is 0 Å². The lowest BCUT2D eigenvalue weighted by Gasteiger charge is -2.29. The predicted octanol–water partition coefficient (Wildman–Crippen LogP) is 18.9. The first-order valence-electron chi connectivity index (χ1n) is 24.2. The maximum Gasteiger partial charge on any atom is 0.143 e. The molecule has 0 aliphatic carbocycles. The fraction of sp³-hybridized carbons (Fsp3) is 0.121. The van der Waals surface area contributed by atoms with Crippen LogP contribution in [-0.4, -0.2) is 4.57 Å². The van der Waals surface area contributed by atoms with Crippen LogP contribution in [0.5, 0.6) is 0 Å². The zero-order valence-corrected chi connectivity index (χ0v) is 40.1. The average molecular weight is 891 g/mol. The van der Waals surface area contributed by atoms with E-state index in [2.05, 4.69) is 263 Å². The summed E-state index contributed by atoms with van der Waals surface area (Å²) in [6.07, 6.45) is 0. The lowest BCUT2D eigenvalue weighted by Crippen LogP contribution is -2.16. The molecule has 0 amide bonds. The number of nitrogens with zero attached hydrogens (tertiary/aromatic N) is 2. The van der Waals surface area contributed by atoms with E-state index < -0.39 is 0 Å². The molecule has 2 aromatic heterocycles. The van der Waals surface area contributed by atoms with Gasteiger partial charge < -0.3 is 13.9 Å². The van der Waals surface area contributed by atoms with Crippen LogP contribution in [0.1, 0.15) is 52.7 Å². The quantitative estimate of drug-likeness (QED) is 0.159. The maximum atomic E-state index is 6.64. The largest absolute Gasteiger partial charge is 0.455 e. The van der Waals surface area contributed by atoms with Gasteiger partial charge in [-0.3, -0.25) is 0 Å². The Bertz CT molecular complexity index is 3890. The van der Waals surface area contributed by atoms with Gasteiger partial charge >= 0.3 is 0 Å². The van der Waals surface area contributed by atoms with E-state index in [-0.39, 0.29) is 10.8 Å². The van der Waals surface area contributed by atoms with E-state index in [1.54, 1.807) is 0 Å². The van der Waals surface area contributed by atoms with Crippen molar-refractivity contribution in [2.75, 3.05) is 4.90 Å². The molecule has 0 N–H and O–H groups in total. The Kier molecular flexibility index (Phi) is 9.97. The van der Waals surface area contributed by atoms with E-state index in [9.17, 15) is 0 Å². The minimum absolute atomic E-state index is 0.0195. The first kappa shape index (κ1) is 42.2. The topological polar surface area (TPSA) is 21.3 Å². The molecular weight excluding hydrogens is 837 g/mol. The van der Waals surface area contributed by atoms with Crippen LogP contribution in [0.4, 0.5) is 17.1 Å². The van der Waals surface area contributed by atoms with Gasteiger partial charge in [-0.05, 0) is 110 Å². The number of rotatable bonds is 7. The zero-order valence-electron chi connectivity index (χ0n) is 40.1. The Hall–Kier alpha value is -8.14. The summed E-state index contributed by atoms with van der Waals surface area (Å²) in [5.41, 5.74) is 18.0. The standard InChI is InChI=1S/C66H54N2O/c1-65(2,3)46-38-45(39-47(41-46)66(4,5)6)51-29-17-20-43-21-18-31-57(63(43)51)54-27-11-13-33-59(54)67(49-25-16-22-44(40-49)52-30-19-32-58-56-28-12-15-35-62(56)69-64(52)58)50-36-37-55-53-26-10-14-34-60(53)68(61(55)42-50)48-23-8-7-9-24-48/h7-42H,1-6H3. The lowest BCUT2D eigenvalue weighted by molar-refractivity contribution is 0.569. The van der Waals surface area contributed by atoms with E-state index >= 15 is 0 Å². The van der Waals surface area contributed by atoms with Gasteiger partial charge in [0.05, 0.1) is 16.7 Å². The first-order chi connectivity index (χ1) is 33.5. The van der Waals surface area contributed by atoms with Gasteiger partial charge in [0.1, 0.15) is 11.2 Å². The summed E-state index contributed by atoms with van der Waals surface area (Å²) in [5, 5.41) is 7.12. The second-order valence-electron chi connectivity index (χ2n) is 20.6. The molecule has 0 radical (unpaired) electrons.